The van der Waals surface area contributed by atoms with Crippen LogP contribution in [0.15, 0.2) is 18.2 Å². The van der Waals surface area contributed by atoms with Gasteiger partial charge in [0.15, 0.2) is 6.61 Å². The quantitative estimate of drug-likeness (QED) is 0.855. The minimum absolute atomic E-state index is 0.184. The van der Waals surface area contributed by atoms with Crippen molar-refractivity contribution in [2.75, 3.05) is 11.9 Å². The molecule has 23 heavy (non-hydrogen) atoms. The van der Waals surface area contributed by atoms with Crippen LogP contribution in [0.4, 0.5) is 5.69 Å². The van der Waals surface area contributed by atoms with Crippen LogP contribution in [0.25, 0.3) is 0 Å². The zero-order valence-electron chi connectivity index (χ0n) is 12.8. The van der Waals surface area contributed by atoms with Crippen LogP contribution < -0.4 is 5.32 Å². The van der Waals surface area contributed by atoms with Crippen LogP contribution in [-0.4, -0.2) is 28.3 Å². The van der Waals surface area contributed by atoms with E-state index in [-0.39, 0.29) is 5.56 Å². The van der Waals surface area contributed by atoms with E-state index in [0.717, 1.165) is 5.69 Å². The van der Waals surface area contributed by atoms with Gasteiger partial charge in [-0.2, -0.15) is 5.10 Å². The highest BCUT2D eigenvalue weighted by atomic mass is 35.5. The van der Waals surface area contributed by atoms with Crippen molar-refractivity contribution in [2.45, 2.75) is 13.8 Å². The second-order valence-electron chi connectivity index (χ2n) is 4.95. The minimum atomic E-state index is -0.677. The molecule has 2 aromatic rings. The highest BCUT2D eigenvalue weighted by Crippen LogP contribution is 2.20. The Morgan fingerprint density at radius 2 is 1.83 bits per heavy atom. The van der Waals surface area contributed by atoms with Gasteiger partial charge in [0.2, 0.25) is 0 Å². The number of hydrogen-bond donors (Lipinski definition) is 1. The van der Waals surface area contributed by atoms with E-state index in [2.05, 4.69) is 10.4 Å². The van der Waals surface area contributed by atoms with Gasteiger partial charge in [-0.25, -0.2) is 4.79 Å². The maximum Gasteiger partial charge on any atom is 0.338 e. The van der Waals surface area contributed by atoms with Crippen molar-refractivity contribution in [3.8, 4) is 0 Å². The van der Waals surface area contributed by atoms with E-state index in [4.69, 9.17) is 27.9 Å². The number of esters is 1. The van der Waals surface area contributed by atoms with Crippen molar-refractivity contribution in [1.82, 2.24) is 9.78 Å². The molecule has 1 aromatic heterocycles. The van der Waals surface area contributed by atoms with Crippen LogP contribution in [0.1, 0.15) is 21.7 Å². The molecule has 0 atom stereocenters. The molecule has 6 nitrogen and oxygen atoms in total. The number of aromatic nitrogens is 2. The van der Waals surface area contributed by atoms with Crippen LogP contribution in [0, 0.1) is 13.8 Å². The fourth-order valence-electron chi connectivity index (χ4n) is 2.02. The van der Waals surface area contributed by atoms with Crippen molar-refractivity contribution >= 4 is 40.8 Å². The molecule has 1 aromatic carbocycles. The number of nitrogens with one attached hydrogen (secondary N) is 1. The molecule has 0 fully saturated rings. The number of carbonyl (C=O) groups is 2. The van der Waals surface area contributed by atoms with Crippen LogP contribution >= 0.6 is 23.2 Å². The van der Waals surface area contributed by atoms with E-state index in [9.17, 15) is 9.59 Å². The third-order valence-electron chi connectivity index (χ3n) is 3.21. The van der Waals surface area contributed by atoms with Gasteiger partial charge < -0.3 is 10.1 Å². The van der Waals surface area contributed by atoms with E-state index in [1.807, 2.05) is 6.92 Å². The SMILES string of the molecule is Cc1nn(C)c(C)c1NC(=O)COC(=O)c1cc(Cl)cc(Cl)c1. The minimum Gasteiger partial charge on any atom is -0.452 e. The Morgan fingerprint density at radius 1 is 1.22 bits per heavy atom. The first kappa shape index (κ1) is 17.3. The number of amides is 1. The first-order chi connectivity index (χ1) is 10.8. The number of ether oxygens (including phenoxy) is 1. The number of aryl methyl sites for hydroxylation is 2. The molecule has 122 valence electrons. The molecule has 1 amide bonds. The Labute approximate surface area is 143 Å². The lowest BCUT2D eigenvalue weighted by atomic mass is 10.2. The third-order valence-corrected chi connectivity index (χ3v) is 3.64. The van der Waals surface area contributed by atoms with Gasteiger partial charge in [0, 0.05) is 17.1 Å². The van der Waals surface area contributed by atoms with Gasteiger partial charge >= 0.3 is 5.97 Å². The van der Waals surface area contributed by atoms with Crippen molar-refractivity contribution in [3.05, 3.63) is 45.2 Å². The number of hydrogen-bond acceptors (Lipinski definition) is 4. The summed E-state index contributed by atoms with van der Waals surface area (Å²) in [5.74, 6) is -1.13. The highest BCUT2D eigenvalue weighted by molar-refractivity contribution is 6.35. The number of nitrogens with zero attached hydrogens (tertiary/aromatic N) is 2. The first-order valence-electron chi connectivity index (χ1n) is 6.71. The number of rotatable bonds is 4. The zero-order chi connectivity index (χ0) is 17.1. The van der Waals surface area contributed by atoms with E-state index in [1.54, 1.807) is 18.7 Å². The summed E-state index contributed by atoms with van der Waals surface area (Å²) < 4.78 is 6.62. The fourth-order valence-corrected chi connectivity index (χ4v) is 2.54. The van der Waals surface area contributed by atoms with Crippen molar-refractivity contribution in [3.63, 3.8) is 0 Å². The van der Waals surface area contributed by atoms with Gasteiger partial charge in [-0.3, -0.25) is 9.48 Å². The van der Waals surface area contributed by atoms with Crippen LogP contribution in [0.3, 0.4) is 0 Å². The van der Waals surface area contributed by atoms with Gasteiger partial charge in [0.05, 0.1) is 22.6 Å². The molecule has 1 N–H and O–H groups in total. The number of benzene rings is 1. The summed E-state index contributed by atoms with van der Waals surface area (Å²) in [6.07, 6.45) is 0. The second-order valence-corrected chi connectivity index (χ2v) is 5.82. The highest BCUT2D eigenvalue weighted by Gasteiger charge is 2.15. The van der Waals surface area contributed by atoms with Crippen LogP contribution in [0.5, 0.6) is 0 Å². The van der Waals surface area contributed by atoms with Crippen molar-refractivity contribution < 1.29 is 14.3 Å². The maximum atomic E-state index is 11.9. The average Bonchev–Trinajstić information content (AvgIpc) is 2.70. The Morgan fingerprint density at radius 3 is 2.35 bits per heavy atom. The van der Waals surface area contributed by atoms with E-state index >= 15 is 0 Å². The predicted octanol–water partition coefficient (Wildman–Crippen LogP) is 3.14. The summed E-state index contributed by atoms with van der Waals surface area (Å²) in [7, 11) is 1.78. The lowest BCUT2D eigenvalue weighted by Crippen LogP contribution is -2.21. The Bertz CT molecular complexity index is 751. The van der Waals surface area contributed by atoms with E-state index in [1.165, 1.54) is 18.2 Å². The number of anilines is 1. The van der Waals surface area contributed by atoms with Crippen molar-refractivity contribution in [2.24, 2.45) is 7.05 Å². The summed E-state index contributed by atoms with van der Waals surface area (Å²) in [4.78, 5) is 23.8. The largest absolute Gasteiger partial charge is 0.452 e. The molecule has 0 radical (unpaired) electrons. The van der Waals surface area contributed by atoms with E-state index in [0.29, 0.717) is 21.4 Å². The van der Waals surface area contributed by atoms with Gasteiger partial charge in [-0.15, -0.1) is 0 Å². The predicted molar refractivity (Wildman–Crippen MR) is 88.1 cm³/mol. The molecule has 0 saturated heterocycles. The summed E-state index contributed by atoms with van der Waals surface area (Å²) in [6, 6.07) is 4.34. The zero-order valence-corrected chi connectivity index (χ0v) is 14.3. The van der Waals surface area contributed by atoms with Crippen LogP contribution in [-0.2, 0) is 16.6 Å². The normalized spacial score (nSPS) is 10.5. The second kappa shape index (κ2) is 7.02. The molecule has 0 aliphatic heterocycles. The lowest BCUT2D eigenvalue weighted by Gasteiger charge is -2.07. The monoisotopic (exact) mass is 355 g/mol. The van der Waals surface area contributed by atoms with Gasteiger partial charge in [-0.05, 0) is 32.0 Å². The number of halogens is 2. The Hall–Kier alpha value is -2.05. The van der Waals surface area contributed by atoms with Crippen LogP contribution in [0.2, 0.25) is 10.0 Å². The Kier molecular flexibility index (Phi) is 5.28. The molecular weight excluding hydrogens is 341 g/mol. The van der Waals surface area contributed by atoms with Crippen molar-refractivity contribution in [1.29, 1.82) is 0 Å². The van der Waals surface area contributed by atoms with Gasteiger partial charge in [0.25, 0.3) is 5.91 Å². The van der Waals surface area contributed by atoms with Gasteiger partial charge in [0.1, 0.15) is 0 Å². The average molecular weight is 356 g/mol. The summed E-state index contributed by atoms with van der Waals surface area (Å²) in [6.45, 7) is 3.19. The summed E-state index contributed by atoms with van der Waals surface area (Å²) in [5, 5.41) is 7.50. The molecular formula is C15H15Cl2N3O3. The molecule has 0 bridgehead atoms. The molecule has 8 heteroatoms. The summed E-state index contributed by atoms with van der Waals surface area (Å²) >= 11 is 11.6. The maximum absolute atomic E-state index is 11.9. The molecule has 0 unspecified atom stereocenters. The topological polar surface area (TPSA) is 73.2 Å². The molecule has 0 saturated carbocycles. The number of carbonyl (C=O) groups excluding carboxylic acids is 2. The molecule has 0 spiro atoms. The van der Waals surface area contributed by atoms with Gasteiger partial charge in [-0.1, -0.05) is 23.2 Å². The molecule has 0 aliphatic rings. The smallest absolute Gasteiger partial charge is 0.338 e. The van der Waals surface area contributed by atoms with E-state index < -0.39 is 18.5 Å². The standard InChI is InChI=1S/C15H15Cl2N3O3/c1-8-14(9(2)20(3)19-8)18-13(21)7-23-15(22)10-4-11(16)6-12(17)5-10/h4-6H,7H2,1-3H3,(H,18,21). The summed E-state index contributed by atoms with van der Waals surface area (Å²) in [5.41, 5.74) is 2.29. The molecule has 1 heterocycles. The lowest BCUT2D eigenvalue weighted by molar-refractivity contribution is -0.119. The third kappa shape index (κ3) is 4.24. The first-order valence-corrected chi connectivity index (χ1v) is 7.46. The molecule has 0 aliphatic carbocycles. The fraction of sp³-hybridized carbons (Fsp3) is 0.267. The molecule has 2 rings (SSSR count). The Balaban J connectivity index is 1.97.